The summed E-state index contributed by atoms with van der Waals surface area (Å²) in [6.07, 6.45) is 6.46. The fourth-order valence-electron chi connectivity index (χ4n) is 4.94. The van der Waals surface area contributed by atoms with Gasteiger partial charge in [-0.3, -0.25) is 0 Å². The third-order valence-corrected chi connectivity index (χ3v) is 6.02. The van der Waals surface area contributed by atoms with Gasteiger partial charge in [0.15, 0.2) is 0 Å². The van der Waals surface area contributed by atoms with Crippen LogP contribution in [0.1, 0.15) is 52.7 Å². The summed E-state index contributed by atoms with van der Waals surface area (Å²) in [7, 11) is 0. The zero-order valence-electron chi connectivity index (χ0n) is 12.9. The van der Waals surface area contributed by atoms with Crippen molar-refractivity contribution in [2.45, 2.75) is 66.1 Å². The Kier molecular flexibility index (Phi) is 3.05. The van der Waals surface area contributed by atoms with E-state index >= 15 is 0 Å². The molecule has 0 aliphatic heterocycles. The highest BCUT2D eigenvalue weighted by atomic mass is 15.0. The molecule has 1 heterocycles. The van der Waals surface area contributed by atoms with Crippen molar-refractivity contribution < 1.29 is 0 Å². The third kappa shape index (κ3) is 1.96. The Morgan fingerprint density at radius 2 is 2.16 bits per heavy atom. The molecule has 2 fully saturated rings. The zero-order valence-corrected chi connectivity index (χ0v) is 12.9. The summed E-state index contributed by atoms with van der Waals surface area (Å²) in [5.41, 5.74) is 2.40. The van der Waals surface area contributed by atoms with Crippen molar-refractivity contribution in [1.29, 1.82) is 0 Å². The lowest BCUT2D eigenvalue weighted by molar-refractivity contribution is 0.107. The number of nitrogens with zero attached hydrogens (tertiary/aromatic N) is 1. The zero-order chi connectivity index (χ0) is 13.7. The molecule has 0 radical (unpaired) electrons. The molecule has 0 saturated heterocycles. The smallest absolute Gasteiger partial charge is 0.0362 e. The first-order valence-corrected chi connectivity index (χ1v) is 7.85. The van der Waals surface area contributed by atoms with Crippen molar-refractivity contribution in [1.82, 2.24) is 9.88 Å². The molecule has 1 N–H and O–H groups in total. The molecule has 3 atom stereocenters. The fraction of sp³-hybridized carbons (Fsp3) is 0.765. The van der Waals surface area contributed by atoms with E-state index in [2.05, 4.69) is 55.9 Å². The first-order chi connectivity index (χ1) is 8.97. The molecule has 19 heavy (non-hydrogen) atoms. The Bertz CT molecular complexity index is 455. The highest BCUT2D eigenvalue weighted by Gasteiger charge is 2.58. The Labute approximate surface area is 117 Å². The van der Waals surface area contributed by atoms with Crippen LogP contribution < -0.4 is 5.32 Å². The van der Waals surface area contributed by atoms with Crippen LogP contribution in [0.15, 0.2) is 18.3 Å². The highest BCUT2D eigenvalue weighted by Crippen LogP contribution is 2.62. The average Bonchev–Trinajstić information content (AvgIpc) is 2.99. The lowest BCUT2D eigenvalue weighted by atomic mass is 9.68. The first-order valence-electron chi connectivity index (χ1n) is 7.85. The molecule has 3 rings (SSSR count). The number of aromatic nitrogens is 1. The molecule has 2 aliphatic carbocycles. The Balaban J connectivity index is 1.73. The lowest BCUT2D eigenvalue weighted by Gasteiger charge is -2.43. The standard InChI is InChI=1S/C17H28N2/c1-5-19-10-6-7-14(19)12-18-15-16(2,3)13-8-9-17(15,4)11-13/h6-7,10,13,15,18H,5,8-9,11-12H2,1-4H3. The van der Waals surface area contributed by atoms with Crippen LogP contribution in [-0.2, 0) is 13.1 Å². The molecule has 1 aromatic heterocycles. The van der Waals surface area contributed by atoms with Crippen molar-refractivity contribution in [3.05, 3.63) is 24.0 Å². The second-order valence-electron chi connectivity index (χ2n) is 7.51. The van der Waals surface area contributed by atoms with Crippen LogP contribution in [0.5, 0.6) is 0 Å². The molecule has 0 aromatic carbocycles. The minimum atomic E-state index is 0.455. The van der Waals surface area contributed by atoms with Gasteiger partial charge < -0.3 is 9.88 Å². The van der Waals surface area contributed by atoms with Crippen molar-refractivity contribution in [3.63, 3.8) is 0 Å². The van der Waals surface area contributed by atoms with E-state index in [0.29, 0.717) is 16.9 Å². The average molecular weight is 260 g/mol. The molecule has 2 heteroatoms. The summed E-state index contributed by atoms with van der Waals surface area (Å²) in [5, 5.41) is 3.90. The summed E-state index contributed by atoms with van der Waals surface area (Å²) in [6.45, 7) is 11.7. The number of hydrogen-bond acceptors (Lipinski definition) is 1. The second-order valence-corrected chi connectivity index (χ2v) is 7.51. The van der Waals surface area contributed by atoms with Crippen LogP contribution in [0, 0.1) is 16.7 Å². The van der Waals surface area contributed by atoms with E-state index in [1.54, 1.807) is 0 Å². The van der Waals surface area contributed by atoms with Gasteiger partial charge in [0, 0.05) is 31.0 Å². The van der Waals surface area contributed by atoms with E-state index < -0.39 is 0 Å². The van der Waals surface area contributed by atoms with Gasteiger partial charge >= 0.3 is 0 Å². The van der Waals surface area contributed by atoms with Crippen LogP contribution in [-0.4, -0.2) is 10.6 Å². The maximum absolute atomic E-state index is 3.90. The van der Waals surface area contributed by atoms with Crippen LogP contribution in [0.4, 0.5) is 0 Å². The maximum Gasteiger partial charge on any atom is 0.0362 e. The van der Waals surface area contributed by atoms with E-state index in [-0.39, 0.29) is 0 Å². The minimum absolute atomic E-state index is 0.455. The van der Waals surface area contributed by atoms with Crippen LogP contribution in [0.3, 0.4) is 0 Å². The number of aryl methyl sites for hydroxylation is 1. The van der Waals surface area contributed by atoms with E-state index in [4.69, 9.17) is 0 Å². The molecular formula is C17H28N2. The second kappa shape index (κ2) is 4.37. The molecule has 2 aliphatic rings. The summed E-state index contributed by atoms with van der Waals surface area (Å²) < 4.78 is 2.34. The molecule has 2 saturated carbocycles. The molecule has 1 aromatic rings. The van der Waals surface area contributed by atoms with Gasteiger partial charge in [0.2, 0.25) is 0 Å². The molecular weight excluding hydrogens is 232 g/mol. The number of fused-ring (bicyclic) bond motifs is 2. The highest BCUT2D eigenvalue weighted by molar-refractivity contribution is 5.14. The van der Waals surface area contributed by atoms with Crippen molar-refractivity contribution in [3.8, 4) is 0 Å². The molecule has 0 amide bonds. The predicted octanol–water partition coefficient (Wildman–Crippen LogP) is 3.81. The van der Waals surface area contributed by atoms with Gasteiger partial charge in [-0.25, -0.2) is 0 Å². The first kappa shape index (κ1) is 13.2. The van der Waals surface area contributed by atoms with E-state index in [0.717, 1.165) is 19.0 Å². The fourth-order valence-corrected chi connectivity index (χ4v) is 4.94. The third-order valence-electron chi connectivity index (χ3n) is 6.02. The SMILES string of the molecule is CCn1cccc1CNC1C2(C)CCC(C2)C1(C)C. The largest absolute Gasteiger partial charge is 0.351 e. The van der Waals surface area contributed by atoms with Gasteiger partial charge in [-0.1, -0.05) is 20.8 Å². The van der Waals surface area contributed by atoms with Gasteiger partial charge in [-0.2, -0.15) is 0 Å². The topological polar surface area (TPSA) is 17.0 Å². The van der Waals surface area contributed by atoms with Gasteiger partial charge in [0.05, 0.1) is 0 Å². The molecule has 2 nitrogen and oxygen atoms in total. The lowest BCUT2D eigenvalue weighted by Crippen LogP contribution is -2.50. The van der Waals surface area contributed by atoms with Crippen LogP contribution in [0.25, 0.3) is 0 Å². The molecule has 106 valence electrons. The van der Waals surface area contributed by atoms with Gasteiger partial charge in [-0.15, -0.1) is 0 Å². The predicted molar refractivity (Wildman–Crippen MR) is 80.0 cm³/mol. The van der Waals surface area contributed by atoms with E-state index in [1.807, 2.05) is 0 Å². The summed E-state index contributed by atoms with van der Waals surface area (Å²) >= 11 is 0. The van der Waals surface area contributed by atoms with Crippen molar-refractivity contribution in [2.75, 3.05) is 0 Å². The minimum Gasteiger partial charge on any atom is -0.351 e. The van der Waals surface area contributed by atoms with Gasteiger partial charge in [0.1, 0.15) is 0 Å². The van der Waals surface area contributed by atoms with Gasteiger partial charge in [-0.05, 0) is 55.1 Å². The van der Waals surface area contributed by atoms with E-state index in [9.17, 15) is 0 Å². The van der Waals surface area contributed by atoms with Crippen LogP contribution in [0.2, 0.25) is 0 Å². The molecule has 0 spiro atoms. The number of hydrogen-bond donors (Lipinski definition) is 1. The monoisotopic (exact) mass is 260 g/mol. The number of nitrogens with one attached hydrogen (secondary N) is 1. The van der Waals surface area contributed by atoms with Crippen molar-refractivity contribution >= 4 is 0 Å². The quantitative estimate of drug-likeness (QED) is 0.871. The van der Waals surface area contributed by atoms with Gasteiger partial charge in [0.25, 0.3) is 0 Å². The Morgan fingerprint density at radius 3 is 2.79 bits per heavy atom. The number of rotatable bonds is 4. The summed E-state index contributed by atoms with van der Waals surface area (Å²) in [4.78, 5) is 0. The maximum atomic E-state index is 3.90. The van der Waals surface area contributed by atoms with Crippen LogP contribution >= 0.6 is 0 Å². The summed E-state index contributed by atoms with van der Waals surface area (Å²) in [5.74, 6) is 0.924. The molecule has 2 bridgehead atoms. The molecule has 3 unspecified atom stereocenters. The van der Waals surface area contributed by atoms with Crippen molar-refractivity contribution in [2.24, 2.45) is 16.7 Å². The van der Waals surface area contributed by atoms with E-state index in [1.165, 1.54) is 25.0 Å². The Morgan fingerprint density at radius 1 is 1.37 bits per heavy atom. The Hall–Kier alpha value is -0.760. The normalized spacial score (nSPS) is 36.0. The summed E-state index contributed by atoms with van der Waals surface area (Å²) in [6, 6.07) is 5.08.